The molecule has 0 bridgehead atoms. The number of hydrogen-bond acceptors (Lipinski definition) is 8. The number of anilines is 1. The number of imidazole rings is 1. The highest BCUT2D eigenvalue weighted by Gasteiger charge is 2.34. The average Bonchev–Trinajstić information content (AvgIpc) is 3.14. The molecular formula is C15H21N5O4. The normalized spacial score (nSPS) is 21.5. The fraction of sp³-hybridized carbons (Fsp3) is 0.400. The van der Waals surface area contributed by atoms with Gasteiger partial charge < -0.3 is 30.4 Å². The molecule has 0 amide bonds. The van der Waals surface area contributed by atoms with Gasteiger partial charge in [-0.25, -0.2) is 4.98 Å². The molecule has 1 saturated heterocycles. The Morgan fingerprint density at radius 1 is 1.50 bits per heavy atom. The predicted molar refractivity (Wildman–Crippen MR) is 88.0 cm³/mol. The lowest BCUT2D eigenvalue weighted by Crippen LogP contribution is -2.15. The minimum absolute atomic E-state index is 0.0617. The SMILES string of the molecule is C=C1O/C(=C/O)[C@@H](O)C1CCC.COc1nc(N)nc2nc[nH]c12. The molecule has 24 heavy (non-hydrogen) atoms. The van der Waals surface area contributed by atoms with Crippen molar-refractivity contribution in [3.05, 3.63) is 30.7 Å². The van der Waals surface area contributed by atoms with Gasteiger partial charge in [0.2, 0.25) is 11.8 Å². The Hall–Kier alpha value is -2.81. The molecule has 1 fully saturated rings. The highest BCUT2D eigenvalue weighted by atomic mass is 16.5. The van der Waals surface area contributed by atoms with Gasteiger partial charge in [-0.1, -0.05) is 19.9 Å². The van der Waals surface area contributed by atoms with E-state index in [1.807, 2.05) is 6.92 Å². The number of ether oxygens (including phenoxy) is 2. The molecular weight excluding hydrogens is 314 g/mol. The molecule has 1 aliphatic heterocycles. The summed E-state index contributed by atoms with van der Waals surface area (Å²) in [5.41, 5.74) is 6.58. The summed E-state index contributed by atoms with van der Waals surface area (Å²) in [6, 6.07) is 0. The van der Waals surface area contributed by atoms with Gasteiger partial charge in [-0.3, -0.25) is 0 Å². The number of fused-ring (bicyclic) bond motifs is 1. The van der Waals surface area contributed by atoms with Crippen LogP contribution in [0.15, 0.2) is 30.7 Å². The number of aliphatic hydroxyl groups excluding tert-OH is 2. The number of aromatic nitrogens is 4. The van der Waals surface area contributed by atoms with E-state index in [0.717, 1.165) is 19.1 Å². The third-order valence-corrected chi connectivity index (χ3v) is 3.53. The molecule has 9 nitrogen and oxygen atoms in total. The van der Waals surface area contributed by atoms with Crippen LogP contribution in [0.4, 0.5) is 5.95 Å². The van der Waals surface area contributed by atoms with Crippen molar-refractivity contribution in [2.45, 2.75) is 25.9 Å². The van der Waals surface area contributed by atoms with Crippen LogP contribution in [-0.2, 0) is 4.74 Å². The van der Waals surface area contributed by atoms with E-state index in [9.17, 15) is 5.11 Å². The van der Waals surface area contributed by atoms with Crippen LogP contribution in [0.1, 0.15) is 19.8 Å². The minimum Gasteiger partial charge on any atom is -0.512 e. The van der Waals surface area contributed by atoms with Gasteiger partial charge >= 0.3 is 0 Å². The molecule has 0 aromatic carbocycles. The summed E-state index contributed by atoms with van der Waals surface area (Å²) < 4.78 is 10.0. The van der Waals surface area contributed by atoms with Crippen LogP contribution in [0.25, 0.3) is 11.2 Å². The maximum absolute atomic E-state index is 9.54. The summed E-state index contributed by atoms with van der Waals surface area (Å²) in [7, 11) is 1.52. The number of methoxy groups -OCH3 is 1. The molecule has 3 rings (SSSR count). The molecule has 1 aliphatic rings. The fourth-order valence-corrected chi connectivity index (χ4v) is 2.36. The van der Waals surface area contributed by atoms with Crippen molar-refractivity contribution in [1.29, 1.82) is 0 Å². The summed E-state index contributed by atoms with van der Waals surface area (Å²) in [6.45, 7) is 5.70. The molecule has 2 aromatic heterocycles. The topological polar surface area (TPSA) is 139 Å². The van der Waals surface area contributed by atoms with E-state index in [-0.39, 0.29) is 17.6 Å². The molecule has 9 heteroatoms. The van der Waals surface area contributed by atoms with E-state index in [4.69, 9.17) is 20.3 Å². The van der Waals surface area contributed by atoms with Crippen molar-refractivity contribution in [2.75, 3.05) is 12.8 Å². The Balaban J connectivity index is 0.000000174. The van der Waals surface area contributed by atoms with E-state index < -0.39 is 6.10 Å². The number of aliphatic hydroxyl groups is 2. The molecule has 1 unspecified atom stereocenters. The van der Waals surface area contributed by atoms with E-state index in [1.54, 1.807) is 0 Å². The van der Waals surface area contributed by atoms with E-state index in [0.29, 0.717) is 22.8 Å². The second-order valence-corrected chi connectivity index (χ2v) is 5.13. The summed E-state index contributed by atoms with van der Waals surface area (Å²) in [5.74, 6) is 1.26. The number of nitrogens with two attached hydrogens (primary N) is 1. The van der Waals surface area contributed by atoms with Crippen LogP contribution < -0.4 is 10.5 Å². The number of nitrogen functional groups attached to an aromatic ring is 1. The quantitative estimate of drug-likeness (QED) is 0.621. The Bertz CT molecular complexity index is 743. The summed E-state index contributed by atoms with van der Waals surface area (Å²) >= 11 is 0. The van der Waals surface area contributed by atoms with E-state index >= 15 is 0 Å². The van der Waals surface area contributed by atoms with E-state index in [1.165, 1.54) is 13.4 Å². The standard InChI is InChI=1S/C9H14O3.C6H7N5O/c1-3-4-7-6(2)12-8(5-10)9(7)11;1-12-5-3-4(9-2-8-3)10-6(7)11-5/h5,7,9-11H,2-4H2,1H3;2H,1H3,(H3,7,8,9,10,11)/b8-5+;/t7?,9-;/m0./s1. The number of nitrogens with one attached hydrogen (secondary N) is 1. The number of nitrogens with zero attached hydrogens (tertiary/aromatic N) is 3. The van der Waals surface area contributed by atoms with Gasteiger partial charge in [0.15, 0.2) is 11.4 Å². The third-order valence-electron chi connectivity index (χ3n) is 3.53. The second-order valence-electron chi connectivity index (χ2n) is 5.13. The van der Waals surface area contributed by atoms with Crippen molar-refractivity contribution >= 4 is 17.1 Å². The van der Waals surface area contributed by atoms with Gasteiger partial charge in [-0.15, -0.1) is 0 Å². The van der Waals surface area contributed by atoms with Gasteiger partial charge in [-0.2, -0.15) is 9.97 Å². The predicted octanol–water partition coefficient (Wildman–Crippen LogP) is 1.65. The first-order chi connectivity index (χ1) is 11.5. The lowest BCUT2D eigenvalue weighted by molar-refractivity contribution is 0.157. The molecule has 2 aromatic rings. The molecule has 130 valence electrons. The van der Waals surface area contributed by atoms with Gasteiger partial charge in [-0.05, 0) is 6.42 Å². The summed E-state index contributed by atoms with van der Waals surface area (Å²) in [4.78, 5) is 14.5. The van der Waals surface area contributed by atoms with Gasteiger partial charge in [0.05, 0.1) is 13.4 Å². The summed E-state index contributed by atoms with van der Waals surface area (Å²) in [6.07, 6.45) is 3.38. The highest BCUT2D eigenvalue weighted by molar-refractivity contribution is 5.76. The fourth-order valence-electron chi connectivity index (χ4n) is 2.36. The molecule has 0 saturated carbocycles. The van der Waals surface area contributed by atoms with Crippen molar-refractivity contribution in [1.82, 2.24) is 19.9 Å². The summed E-state index contributed by atoms with van der Waals surface area (Å²) in [5, 5.41) is 18.2. The molecule has 0 radical (unpaired) electrons. The first kappa shape index (κ1) is 17.5. The molecule has 3 heterocycles. The average molecular weight is 335 g/mol. The third kappa shape index (κ3) is 3.57. The molecule has 0 spiro atoms. The van der Waals surface area contributed by atoms with Crippen molar-refractivity contribution in [3.8, 4) is 5.88 Å². The van der Waals surface area contributed by atoms with Gasteiger partial charge in [0.25, 0.3) is 0 Å². The lowest BCUT2D eigenvalue weighted by atomic mass is 9.97. The minimum atomic E-state index is -0.720. The van der Waals surface area contributed by atoms with Crippen LogP contribution >= 0.6 is 0 Å². The van der Waals surface area contributed by atoms with Crippen LogP contribution in [0.5, 0.6) is 5.88 Å². The largest absolute Gasteiger partial charge is 0.512 e. The second kappa shape index (κ2) is 7.64. The highest BCUT2D eigenvalue weighted by Crippen LogP contribution is 2.34. The van der Waals surface area contributed by atoms with Crippen LogP contribution in [0.2, 0.25) is 0 Å². The number of aromatic amines is 1. The van der Waals surface area contributed by atoms with Crippen molar-refractivity contribution in [3.63, 3.8) is 0 Å². The van der Waals surface area contributed by atoms with Crippen molar-refractivity contribution in [2.24, 2.45) is 5.92 Å². The van der Waals surface area contributed by atoms with E-state index in [2.05, 4.69) is 26.5 Å². The van der Waals surface area contributed by atoms with Crippen LogP contribution in [0.3, 0.4) is 0 Å². The number of rotatable bonds is 3. The smallest absolute Gasteiger partial charge is 0.244 e. The van der Waals surface area contributed by atoms with Crippen LogP contribution in [0, 0.1) is 5.92 Å². The zero-order valence-electron chi connectivity index (χ0n) is 13.6. The maximum atomic E-state index is 9.54. The molecule has 2 atom stereocenters. The number of hydrogen-bond donors (Lipinski definition) is 4. The zero-order valence-corrected chi connectivity index (χ0v) is 13.6. The Labute approximate surface area is 138 Å². The van der Waals surface area contributed by atoms with Crippen molar-refractivity contribution < 1.29 is 19.7 Å². The number of H-pyrrole nitrogens is 1. The molecule has 5 N–H and O–H groups in total. The Kier molecular flexibility index (Phi) is 5.59. The Morgan fingerprint density at radius 2 is 2.25 bits per heavy atom. The lowest BCUT2D eigenvalue weighted by Gasteiger charge is -2.09. The maximum Gasteiger partial charge on any atom is 0.244 e. The van der Waals surface area contributed by atoms with Gasteiger partial charge in [0.1, 0.15) is 23.6 Å². The first-order valence-electron chi connectivity index (χ1n) is 7.41. The molecule has 0 aliphatic carbocycles. The Morgan fingerprint density at radius 3 is 2.83 bits per heavy atom. The monoisotopic (exact) mass is 335 g/mol. The van der Waals surface area contributed by atoms with Gasteiger partial charge in [0, 0.05) is 5.92 Å². The zero-order chi connectivity index (χ0) is 17.7. The van der Waals surface area contributed by atoms with Crippen LogP contribution in [-0.4, -0.2) is 43.4 Å². The first-order valence-corrected chi connectivity index (χ1v) is 7.41.